The van der Waals surface area contributed by atoms with Gasteiger partial charge >= 0.3 is 0 Å². The van der Waals surface area contributed by atoms with Gasteiger partial charge in [-0.1, -0.05) is 25.0 Å². The van der Waals surface area contributed by atoms with Crippen molar-refractivity contribution in [1.82, 2.24) is 10.2 Å². The molecule has 0 spiro atoms. The molecule has 2 N–H and O–H groups in total. The molecule has 2 heterocycles. The van der Waals surface area contributed by atoms with Crippen LogP contribution in [0, 0.1) is 11.3 Å². The summed E-state index contributed by atoms with van der Waals surface area (Å²) in [5.74, 6) is 0.704. The second-order valence-corrected chi connectivity index (χ2v) is 8.13. The van der Waals surface area contributed by atoms with E-state index >= 15 is 0 Å². The number of hydrogen-bond acceptors (Lipinski definition) is 4. The Morgan fingerprint density at radius 2 is 2.19 bits per heavy atom. The number of amides is 1. The van der Waals surface area contributed by atoms with Crippen molar-refractivity contribution in [3.05, 3.63) is 29.8 Å². The average Bonchev–Trinajstić information content (AvgIpc) is 3.14. The van der Waals surface area contributed by atoms with E-state index in [9.17, 15) is 4.79 Å². The number of carbonyl (C=O) groups is 1. The molecule has 3 aliphatic rings. The highest BCUT2D eigenvalue weighted by Gasteiger charge is 2.49. The molecule has 2 saturated heterocycles. The maximum absolute atomic E-state index is 13.2. The second kappa shape index (κ2) is 7.67. The van der Waals surface area contributed by atoms with E-state index in [1.165, 1.54) is 24.8 Å². The smallest absolute Gasteiger partial charge is 0.232 e. The van der Waals surface area contributed by atoms with Crippen molar-refractivity contribution in [3.8, 4) is 0 Å². The summed E-state index contributed by atoms with van der Waals surface area (Å²) in [6, 6.07) is 8.72. The Bertz CT molecular complexity index is 644. The molecule has 5 heteroatoms. The number of nitrogens with one attached hydrogen (secondary N) is 2. The average molecular weight is 357 g/mol. The lowest BCUT2D eigenvalue weighted by Crippen LogP contribution is -2.44. The van der Waals surface area contributed by atoms with Crippen LogP contribution in [0.3, 0.4) is 0 Å². The molecule has 1 aliphatic carbocycles. The van der Waals surface area contributed by atoms with Gasteiger partial charge in [0.25, 0.3) is 0 Å². The van der Waals surface area contributed by atoms with E-state index in [2.05, 4.69) is 40.7 Å². The van der Waals surface area contributed by atoms with Crippen LogP contribution in [0.1, 0.15) is 44.2 Å². The molecule has 1 aromatic carbocycles. The Hall–Kier alpha value is -1.43. The van der Waals surface area contributed by atoms with Gasteiger partial charge in [-0.05, 0) is 49.9 Å². The van der Waals surface area contributed by atoms with E-state index in [1.807, 2.05) is 6.07 Å². The van der Waals surface area contributed by atoms with Crippen molar-refractivity contribution in [1.29, 1.82) is 0 Å². The summed E-state index contributed by atoms with van der Waals surface area (Å²) in [5, 5.41) is 6.71. The summed E-state index contributed by atoms with van der Waals surface area (Å²) in [6.45, 7) is 7.59. The van der Waals surface area contributed by atoms with Crippen molar-refractivity contribution < 1.29 is 9.53 Å². The van der Waals surface area contributed by atoms with Gasteiger partial charge < -0.3 is 15.4 Å². The van der Waals surface area contributed by atoms with E-state index in [-0.39, 0.29) is 11.3 Å². The van der Waals surface area contributed by atoms with Gasteiger partial charge in [-0.3, -0.25) is 9.69 Å². The minimum absolute atomic E-state index is 0.204. The fraction of sp³-hybridized carbons (Fsp3) is 0.667. The molecule has 26 heavy (non-hydrogen) atoms. The molecule has 3 fully saturated rings. The summed E-state index contributed by atoms with van der Waals surface area (Å²) in [4.78, 5) is 15.6. The van der Waals surface area contributed by atoms with E-state index < -0.39 is 0 Å². The molecule has 3 atom stereocenters. The van der Waals surface area contributed by atoms with Gasteiger partial charge in [-0.2, -0.15) is 0 Å². The lowest BCUT2D eigenvalue weighted by atomic mass is 9.67. The molecule has 1 saturated carbocycles. The van der Waals surface area contributed by atoms with Crippen LogP contribution in [0.25, 0.3) is 0 Å². The fourth-order valence-electron chi connectivity index (χ4n) is 5.00. The summed E-state index contributed by atoms with van der Waals surface area (Å²) >= 11 is 0. The highest BCUT2D eigenvalue weighted by atomic mass is 16.5. The van der Waals surface area contributed by atoms with Crippen LogP contribution in [0.5, 0.6) is 0 Å². The molecular weight excluding hydrogens is 326 g/mol. The summed E-state index contributed by atoms with van der Waals surface area (Å²) in [6.07, 6.45) is 4.61. The van der Waals surface area contributed by atoms with E-state index in [0.717, 1.165) is 51.5 Å². The topological polar surface area (TPSA) is 53.6 Å². The predicted molar refractivity (Wildman–Crippen MR) is 103 cm³/mol. The minimum atomic E-state index is -0.204. The van der Waals surface area contributed by atoms with Crippen LogP contribution in [0.4, 0.5) is 5.69 Å². The highest BCUT2D eigenvalue weighted by molar-refractivity contribution is 5.96. The molecule has 2 aliphatic heterocycles. The molecule has 1 unspecified atom stereocenters. The van der Waals surface area contributed by atoms with Crippen LogP contribution < -0.4 is 10.6 Å². The van der Waals surface area contributed by atoms with Crippen LogP contribution in [-0.2, 0) is 9.53 Å². The van der Waals surface area contributed by atoms with E-state index in [4.69, 9.17) is 4.74 Å². The zero-order valence-corrected chi connectivity index (χ0v) is 15.8. The van der Waals surface area contributed by atoms with Crippen LogP contribution >= 0.6 is 0 Å². The number of rotatable bonds is 4. The monoisotopic (exact) mass is 357 g/mol. The SMILES string of the molecule is CC(c1cccc(NC(=O)[C@@]23CCCC[C@H]2CNC3)c1)N1CCOCC1. The molecule has 0 aromatic heterocycles. The zero-order chi connectivity index (χ0) is 18.0. The predicted octanol–water partition coefficient (Wildman–Crippen LogP) is 2.80. The van der Waals surface area contributed by atoms with E-state index in [1.54, 1.807) is 0 Å². The number of benzene rings is 1. The van der Waals surface area contributed by atoms with Crippen molar-refractivity contribution in [2.45, 2.75) is 38.6 Å². The number of fused-ring (bicyclic) bond motifs is 1. The van der Waals surface area contributed by atoms with Gasteiger partial charge in [0, 0.05) is 31.4 Å². The Labute approximate surface area is 156 Å². The summed E-state index contributed by atoms with van der Waals surface area (Å²) < 4.78 is 5.46. The molecule has 1 amide bonds. The van der Waals surface area contributed by atoms with Gasteiger partial charge in [0.05, 0.1) is 18.6 Å². The first-order valence-corrected chi connectivity index (χ1v) is 10.1. The van der Waals surface area contributed by atoms with Crippen LogP contribution in [-0.4, -0.2) is 50.2 Å². The Morgan fingerprint density at radius 1 is 1.35 bits per heavy atom. The first kappa shape index (κ1) is 18.0. The number of ether oxygens (including phenoxy) is 1. The quantitative estimate of drug-likeness (QED) is 0.870. The minimum Gasteiger partial charge on any atom is -0.379 e. The number of hydrogen-bond donors (Lipinski definition) is 2. The number of anilines is 1. The maximum atomic E-state index is 13.2. The van der Waals surface area contributed by atoms with Crippen LogP contribution in [0.2, 0.25) is 0 Å². The largest absolute Gasteiger partial charge is 0.379 e. The third-order valence-corrected chi connectivity index (χ3v) is 6.71. The molecule has 0 radical (unpaired) electrons. The molecule has 142 valence electrons. The number of nitrogens with zero attached hydrogens (tertiary/aromatic N) is 1. The number of carbonyl (C=O) groups excluding carboxylic acids is 1. The Kier molecular flexibility index (Phi) is 5.30. The number of morpholine rings is 1. The van der Waals surface area contributed by atoms with Crippen molar-refractivity contribution in [2.24, 2.45) is 11.3 Å². The standard InChI is InChI=1S/C21H31N3O2/c1-16(24-9-11-26-12-10-24)17-5-4-7-19(13-17)23-20(25)21-8-3-2-6-18(21)14-22-15-21/h4-5,7,13,16,18,22H,2-3,6,8-12,14-15H2,1H3,(H,23,25)/t16?,18-,21+/m0/s1. The summed E-state index contributed by atoms with van der Waals surface area (Å²) in [5.41, 5.74) is 1.98. The summed E-state index contributed by atoms with van der Waals surface area (Å²) in [7, 11) is 0. The second-order valence-electron chi connectivity index (χ2n) is 8.13. The first-order valence-electron chi connectivity index (χ1n) is 10.1. The van der Waals surface area contributed by atoms with Gasteiger partial charge in [0.1, 0.15) is 0 Å². The van der Waals surface area contributed by atoms with Gasteiger partial charge in [-0.25, -0.2) is 0 Å². The molecule has 0 bridgehead atoms. The highest BCUT2D eigenvalue weighted by Crippen LogP contribution is 2.44. The van der Waals surface area contributed by atoms with Crippen molar-refractivity contribution in [2.75, 3.05) is 44.7 Å². The normalized spacial score (nSPS) is 30.6. The third-order valence-electron chi connectivity index (χ3n) is 6.71. The van der Waals surface area contributed by atoms with Gasteiger partial charge in [0.15, 0.2) is 0 Å². The van der Waals surface area contributed by atoms with Crippen LogP contribution in [0.15, 0.2) is 24.3 Å². The molecule has 4 rings (SSSR count). The Morgan fingerprint density at radius 3 is 3.04 bits per heavy atom. The van der Waals surface area contributed by atoms with Gasteiger partial charge in [0.2, 0.25) is 5.91 Å². The molecule has 5 nitrogen and oxygen atoms in total. The molecule has 1 aromatic rings. The maximum Gasteiger partial charge on any atom is 0.232 e. The zero-order valence-electron chi connectivity index (χ0n) is 15.8. The van der Waals surface area contributed by atoms with E-state index in [0.29, 0.717) is 12.0 Å². The lowest BCUT2D eigenvalue weighted by molar-refractivity contribution is -0.128. The van der Waals surface area contributed by atoms with Gasteiger partial charge in [-0.15, -0.1) is 0 Å². The fourth-order valence-corrected chi connectivity index (χ4v) is 5.00. The Balaban J connectivity index is 1.47. The lowest BCUT2D eigenvalue weighted by Gasteiger charge is -2.37. The first-order chi connectivity index (χ1) is 12.7. The third kappa shape index (κ3) is 3.40. The van der Waals surface area contributed by atoms with Crippen molar-refractivity contribution in [3.63, 3.8) is 0 Å². The van der Waals surface area contributed by atoms with Crippen molar-refractivity contribution >= 4 is 11.6 Å². The molecular formula is C21H31N3O2.